The first-order valence-electron chi connectivity index (χ1n) is 6.69. The molecule has 2 atom stereocenters. The van der Waals surface area contributed by atoms with Gasteiger partial charge in [0.1, 0.15) is 16.3 Å². The lowest BCUT2D eigenvalue weighted by Crippen LogP contribution is -2.32. The maximum atomic E-state index is 12.5. The molecule has 2 amide bonds. The van der Waals surface area contributed by atoms with Crippen molar-refractivity contribution in [3.63, 3.8) is 0 Å². The summed E-state index contributed by atoms with van der Waals surface area (Å²) in [7, 11) is 0. The summed E-state index contributed by atoms with van der Waals surface area (Å²) in [6.45, 7) is 0. The van der Waals surface area contributed by atoms with Gasteiger partial charge < -0.3 is 0 Å². The molecule has 2 fully saturated rings. The molecular weight excluding hydrogens is 342 g/mol. The molecule has 0 spiro atoms. The van der Waals surface area contributed by atoms with Crippen molar-refractivity contribution in [3.05, 3.63) is 29.4 Å². The molecule has 2 aliphatic heterocycles. The minimum absolute atomic E-state index is 0.180. The number of hydrogen-bond donors (Lipinski definition) is 0. The van der Waals surface area contributed by atoms with Crippen molar-refractivity contribution in [2.45, 2.75) is 10.5 Å². The molecule has 0 aliphatic carbocycles. The average Bonchev–Trinajstić information content (AvgIpc) is 2.79. The topological polar surface area (TPSA) is 63.2 Å². The summed E-state index contributed by atoms with van der Waals surface area (Å²) in [4.78, 5) is 34.8. The summed E-state index contributed by atoms with van der Waals surface area (Å²) in [6, 6.07) is 5.08. The molecule has 2 saturated heterocycles. The van der Waals surface area contributed by atoms with E-state index in [0.717, 1.165) is 11.5 Å². The quantitative estimate of drug-likeness (QED) is 0.735. The van der Waals surface area contributed by atoms with Crippen molar-refractivity contribution < 1.29 is 9.59 Å². The molecule has 2 aromatic heterocycles. The Labute approximate surface area is 139 Å². The van der Waals surface area contributed by atoms with Gasteiger partial charge in [-0.15, -0.1) is 23.5 Å². The molecule has 0 saturated carbocycles. The SMILES string of the molecule is O=C1C2SCCSC2C(=O)N1c1ccc2c(Cl)ccnc2n1. The number of amides is 2. The van der Waals surface area contributed by atoms with E-state index >= 15 is 0 Å². The number of carbonyl (C=O) groups excluding carboxylic acids is 2. The van der Waals surface area contributed by atoms with Crippen molar-refractivity contribution in [1.82, 2.24) is 9.97 Å². The third kappa shape index (κ3) is 2.11. The van der Waals surface area contributed by atoms with E-state index < -0.39 is 0 Å². The second-order valence-electron chi connectivity index (χ2n) is 4.93. The Kier molecular flexibility index (Phi) is 3.51. The highest BCUT2D eigenvalue weighted by molar-refractivity contribution is 8.08. The van der Waals surface area contributed by atoms with Gasteiger partial charge in [0.2, 0.25) is 11.8 Å². The van der Waals surface area contributed by atoms with E-state index in [1.807, 2.05) is 0 Å². The Hall–Kier alpha value is -1.31. The van der Waals surface area contributed by atoms with Gasteiger partial charge in [-0.2, -0.15) is 0 Å². The Balaban J connectivity index is 1.78. The summed E-state index contributed by atoms with van der Waals surface area (Å²) in [5.74, 6) is 1.75. The van der Waals surface area contributed by atoms with Gasteiger partial charge in [0.25, 0.3) is 0 Å². The third-order valence-corrected chi connectivity index (χ3v) is 6.95. The van der Waals surface area contributed by atoms with Gasteiger partial charge >= 0.3 is 0 Å². The third-order valence-electron chi connectivity index (χ3n) is 3.65. The van der Waals surface area contributed by atoms with Crippen molar-refractivity contribution >= 4 is 63.8 Å². The number of fused-ring (bicyclic) bond motifs is 2. The van der Waals surface area contributed by atoms with Crippen LogP contribution in [0, 0.1) is 0 Å². The molecule has 2 unspecified atom stereocenters. The molecule has 4 rings (SSSR count). The molecule has 0 N–H and O–H groups in total. The first-order chi connectivity index (χ1) is 10.7. The fourth-order valence-electron chi connectivity index (χ4n) is 2.63. The minimum atomic E-state index is -0.295. The van der Waals surface area contributed by atoms with Gasteiger partial charge in [-0.05, 0) is 18.2 Å². The molecule has 2 aliphatic rings. The first-order valence-corrected chi connectivity index (χ1v) is 9.16. The van der Waals surface area contributed by atoms with Gasteiger partial charge in [0.05, 0.1) is 5.02 Å². The average molecular weight is 352 g/mol. The zero-order chi connectivity index (χ0) is 15.3. The maximum absolute atomic E-state index is 12.5. The molecular formula is C14H10ClN3O2S2. The number of imide groups is 1. The van der Waals surface area contributed by atoms with Crippen LogP contribution in [0.25, 0.3) is 11.0 Å². The Morgan fingerprint density at radius 1 is 1.09 bits per heavy atom. The summed E-state index contributed by atoms with van der Waals surface area (Å²) < 4.78 is 0. The van der Waals surface area contributed by atoms with Crippen molar-refractivity contribution in [3.8, 4) is 0 Å². The van der Waals surface area contributed by atoms with E-state index in [9.17, 15) is 9.59 Å². The zero-order valence-corrected chi connectivity index (χ0v) is 13.6. The van der Waals surface area contributed by atoms with Gasteiger partial charge in [-0.25, -0.2) is 14.9 Å². The molecule has 22 heavy (non-hydrogen) atoms. The van der Waals surface area contributed by atoms with E-state index in [1.54, 1.807) is 47.9 Å². The second kappa shape index (κ2) is 5.40. The fraction of sp³-hybridized carbons (Fsp3) is 0.286. The lowest BCUT2D eigenvalue weighted by Gasteiger charge is -2.19. The summed E-state index contributed by atoms with van der Waals surface area (Å²) in [5, 5.41) is 0.656. The smallest absolute Gasteiger partial charge is 0.249 e. The number of anilines is 1. The number of halogens is 1. The molecule has 2 aromatic rings. The van der Waals surface area contributed by atoms with Crippen molar-refractivity contribution in [1.29, 1.82) is 0 Å². The van der Waals surface area contributed by atoms with Crippen LogP contribution in [-0.2, 0) is 9.59 Å². The number of rotatable bonds is 1. The molecule has 0 aromatic carbocycles. The van der Waals surface area contributed by atoms with Crippen LogP contribution in [0.5, 0.6) is 0 Å². The van der Waals surface area contributed by atoms with Gasteiger partial charge in [0, 0.05) is 23.1 Å². The summed E-state index contributed by atoms with van der Waals surface area (Å²) >= 11 is 9.20. The Morgan fingerprint density at radius 2 is 1.77 bits per heavy atom. The standard InChI is InChI=1S/C14H10ClN3O2S2/c15-8-3-4-16-12-7(8)1-2-9(17-12)18-13(19)10-11(14(18)20)22-6-5-21-10/h1-4,10-11H,5-6H2. The van der Waals surface area contributed by atoms with Crippen LogP contribution in [0.2, 0.25) is 5.02 Å². The normalized spacial score (nSPS) is 24.9. The zero-order valence-electron chi connectivity index (χ0n) is 11.2. The largest absolute Gasteiger partial charge is 0.273 e. The Morgan fingerprint density at radius 3 is 2.45 bits per heavy atom. The van der Waals surface area contributed by atoms with Crippen molar-refractivity contribution in [2.75, 3.05) is 16.4 Å². The van der Waals surface area contributed by atoms with E-state index in [0.29, 0.717) is 21.9 Å². The number of thioether (sulfide) groups is 2. The maximum Gasteiger partial charge on any atom is 0.249 e. The van der Waals surface area contributed by atoms with Crippen LogP contribution in [0.15, 0.2) is 24.4 Å². The lowest BCUT2D eigenvalue weighted by atomic mass is 10.3. The lowest BCUT2D eigenvalue weighted by molar-refractivity contribution is -0.121. The van der Waals surface area contributed by atoms with E-state index in [1.165, 1.54) is 4.90 Å². The first kappa shape index (κ1) is 14.3. The summed E-state index contributed by atoms with van der Waals surface area (Å²) in [6.07, 6.45) is 1.56. The van der Waals surface area contributed by atoms with E-state index in [4.69, 9.17) is 11.6 Å². The molecule has 4 heterocycles. The molecule has 5 nitrogen and oxygen atoms in total. The number of carbonyl (C=O) groups is 2. The fourth-order valence-corrected chi connectivity index (χ4v) is 5.66. The number of nitrogens with zero attached hydrogens (tertiary/aromatic N) is 3. The van der Waals surface area contributed by atoms with Crippen LogP contribution >= 0.6 is 35.1 Å². The minimum Gasteiger partial charge on any atom is -0.273 e. The van der Waals surface area contributed by atoms with Crippen LogP contribution in [-0.4, -0.2) is 43.8 Å². The van der Waals surface area contributed by atoms with Crippen LogP contribution < -0.4 is 4.90 Å². The number of pyridine rings is 2. The summed E-state index contributed by atoms with van der Waals surface area (Å²) in [5.41, 5.74) is 0.431. The van der Waals surface area contributed by atoms with Gasteiger partial charge in [0.15, 0.2) is 5.65 Å². The van der Waals surface area contributed by atoms with Crippen LogP contribution in [0.1, 0.15) is 0 Å². The molecule has 0 bridgehead atoms. The molecule has 8 heteroatoms. The van der Waals surface area contributed by atoms with Gasteiger partial charge in [-0.1, -0.05) is 11.6 Å². The second-order valence-corrected chi connectivity index (χ2v) is 7.83. The van der Waals surface area contributed by atoms with E-state index in [2.05, 4.69) is 9.97 Å². The van der Waals surface area contributed by atoms with E-state index in [-0.39, 0.29) is 22.3 Å². The predicted octanol–water partition coefficient (Wildman–Crippen LogP) is 2.37. The highest BCUT2D eigenvalue weighted by Crippen LogP contribution is 2.39. The van der Waals surface area contributed by atoms with Crippen LogP contribution in [0.3, 0.4) is 0 Å². The monoisotopic (exact) mass is 351 g/mol. The molecule has 112 valence electrons. The number of hydrogen-bond acceptors (Lipinski definition) is 6. The highest BCUT2D eigenvalue weighted by Gasteiger charge is 2.50. The van der Waals surface area contributed by atoms with Gasteiger partial charge in [-0.3, -0.25) is 9.59 Å². The number of aromatic nitrogens is 2. The molecule has 0 radical (unpaired) electrons. The van der Waals surface area contributed by atoms with Crippen LogP contribution in [0.4, 0.5) is 5.82 Å². The predicted molar refractivity (Wildman–Crippen MR) is 89.5 cm³/mol. The Bertz CT molecular complexity index is 777. The highest BCUT2D eigenvalue weighted by atomic mass is 35.5. The van der Waals surface area contributed by atoms with Crippen molar-refractivity contribution in [2.24, 2.45) is 0 Å².